The second kappa shape index (κ2) is 9.95. The molecular formula is C24H29N3O3. The Morgan fingerprint density at radius 2 is 2.13 bits per heavy atom. The molecule has 0 saturated carbocycles. The van der Waals surface area contributed by atoms with Gasteiger partial charge in [0, 0.05) is 35.3 Å². The number of H-pyrrole nitrogens is 1. The minimum absolute atomic E-state index is 0.139. The van der Waals surface area contributed by atoms with Crippen molar-refractivity contribution in [2.75, 3.05) is 6.61 Å². The van der Waals surface area contributed by atoms with E-state index in [-0.39, 0.29) is 30.7 Å². The van der Waals surface area contributed by atoms with Crippen LogP contribution in [0.1, 0.15) is 37.6 Å². The van der Waals surface area contributed by atoms with Gasteiger partial charge in [0.15, 0.2) is 0 Å². The number of amides is 1. The zero-order valence-corrected chi connectivity index (χ0v) is 18.3. The van der Waals surface area contributed by atoms with Crippen LogP contribution >= 0.6 is 0 Å². The Morgan fingerprint density at radius 1 is 1.43 bits per heavy atom. The first-order chi connectivity index (χ1) is 14.2. The van der Waals surface area contributed by atoms with Crippen LogP contribution in [-0.4, -0.2) is 28.5 Å². The van der Waals surface area contributed by atoms with E-state index in [9.17, 15) is 9.59 Å². The average molecular weight is 408 g/mol. The third-order valence-electron chi connectivity index (χ3n) is 5.06. The van der Waals surface area contributed by atoms with Crippen LogP contribution in [0.4, 0.5) is 0 Å². The summed E-state index contributed by atoms with van der Waals surface area (Å²) in [7, 11) is 0. The molecular weight excluding hydrogens is 378 g/mol. The molecule has 0 bridgehead atoms. The standard InChI is InChI=1S/C24H29N3O3/c1-8-11-30-18(7)22-17(6)20(13-19(9-2)27(22)10-3)23(28)25-14-21-15(4)12-16(5)26-24(21)29/h1,9-10,12-13,18H,3,11,14H2,2,4-7H3,(H,25,28)(H,26,29)/b19-9-. The number of hydrogen-bond donors (Lipinski definition) is 2. The van der Waals surface area contributed by atoms with E-state index in [0.717, 1.165) is 28.2 Å². The molecule has 2 rings (SSSR count). The van der Waals surface area contributed by atoms with Gasteiger partial charge in [-0.15, -0.1) is 6.42 Å². The van der Waals surface area contributed by atoms with Crippen LogP contribution in [0.25, 0.3) is 0 Å². The van der Waals surface area contributed by atoms with Crippen molar-refractivity contribution in [3.05, 3.63) is 80.7 Å². The number of aromatic nitrogens is 1. The van der Waals surface area contributed by atoms with Gasteiger partial charge >= 0.3 is 0 Å². The van der Waals surface area contributed by atoms with Crippen LogP contribution in [0.3, 0.4) is 0 Å². The molecule has 0 aromatic carbocycles. The number of aromatic amines is 1. The Kier molecular flexibility index (Phi) is 7.62. The summed E-state index contributed by atoms with van der Waals surface area (Å²) in [4.78, 5) is 29.9. The van der Waals surface area contributed by atoms with Crippen molar-refractivity contribution in [2.24, 2.45) is 0 Å². The van der Waals surface area contributed by atoms with E-state index in [4.69, 9.17) is 11.2 Å². The van der Waals surface area contributed by atoms with E-state index in [1.807, 2.05) is 51.7 Å². The van der Waals surface area contributed by atoms with Gasteiger partial charge in [-0.3, -0.25) is 9.59 Å². The molecule has 0 radical (unpaired) electrons. The van der Waals surface area contributed by atoms with Crippen LogP contribution in [0, 0.1) is 26.2 Å². The summed E-state index contributed by atoms with van der Waals surface area (Å²) >= 11 is 0. The summed E-state index contributed by atoms with van der Waals surface area (Å²) in [5.74, 6) is 2.20. The summed E-state index contributed by atoms with van der Waals surface area (Å²) in [6.07, 6.45) is 10.4. The van der Waals surface area contributed by atoms with E-state index in [1.165, 1.54) is 0 Å². The molecule has 1 aromatic rings. The molecule has 6 heteroatoms. The van der Waals surface area contributed by atoms with E-state index >= 15 is 0 Å². The topological polar surface area (TPSA) is 74.4 Å². The summed E-state index contributed by atoms with van der Waals surface area (Å²) in [6.45, 7) is 13.5. The first-order valence-electron chi connectivity index (χ1n) is 9.78. The van der Waals surface area contributed by atoms with E-state index in [2.05, 4.69) is 22.8 Å². The zero-order valence-electron chi connectivity index (χ0n) is 18.3. The molecule has 1 aliphatic heterocycles. The molecule has 2 heterocycles. The molecule has 0 aliphatic carbocycles. The van der Waals surface area contributed by atoms with Crippen molar-refractivity contribution in [1.29, 1.82) is 0 Å². The van der Waals surface area contributed by atoms with Gasteiger partial charge in [0.1, 0.15) is 6.61 Å². The molecule has 6 nitrogen and oxygen atoms in total. The van der Waals surface area contributed by atoms with Gasteiger partial charge in [-0.05, 0) is 57.9 Å². The molecule has 158 valence electrons. The molecule has 1 amide bonds. The van der Waals surface area contributed by atoms with Crippen LogP contribution in [0.15, 0.2) is 58.3 Å². The van der Waals surface area contributed by atoms with Gasteiger partial charge < -0.3 is 19.9 Å². The second-order valence-corrected chi connectivity index (χ2v) is 7.12. The lowest BCUT2D eigenvalue weighted by Crippen LogP contribution is -2.34. The Labute approximate surface area is 178 Å². The van der Waals surface area contributed by atoms with Crippen LogP contribution in [0.2, 0.25) is 0 Å². The lowest BCUT2D eigenvalue weighted by Gasteiger charge is -2.34. The Hall–Kier alpha value is -3.30. The van der Waals surface area contributed by atoms with Gasteiger partial charge in [0.2, 0.25) is 0 Å². The zero-order chi connectivity index (χ0) is 22.4. The fourth-order valence-electron chi connectivity index (χ4n) is 3.56. The quantitative estimate of drug-likeness (QED) is 0.681. The maximum atomic E-state index is 13.0. The molecule has 1 atom stereocenters. The van der Waals surface area contributed by atoms with Crippen LogP contribution in [0.5, 0.6) is 0 Å². The van der Waals surface area contributed by atoms with E-state index in [1.54, 1.807) is 12.3 Å². The van der Waals surface area contributed by atoms with Crippen molar-refractivity contribution in [1.82, 2.24) is 15.2 Å². The minimum Gasteiger partial charge on any atom is -0.360 e. The summed E-state index contributed by atoms with van der Waals surface area (Å²) in [5, 5.41) is 2.87. The highest BCUT2D eigenvalue weighted by Crippen LogP contribution is 2.32. The first kappa shape index (κ1) is 23.0. The Balaban J connectivity index is 2.36. The molecule has 0 saturated heterocycles. The van der Waals surface area contributed by atoms with Crippen molar-refractivity contribution in [3.8, 4) is 12.3 Å². The maximum Gasteiger partial charge on any atom is 0.253 e. The Bertz CT molecular complexity index is 1030. The summed E-state index contributed by atoms with van der Waals surface area (Å²) < 4.78 is 5.71. The third kappa shape index (κ3) is 4.81. The number of ether oxygens (including phenoxy) is 1. The number of carbonyl (C=O) groups excluding carboxylic acids is 1. The van der Waals surface area contributed by atoms with Gasteiger partial charge in [-0.25, -0.2) is 0 Å². The average Bonchev–Trinajstić information content (AvgIpc) is 2.70. The van der Waals surface area contributed by atoms with Gasteiger partial charge in [0.05, 0.1) is 11.8 Å². The smallest absolute Gasteiger partial charge is 0.253 e. The van der Waals surface area contributed by atoms with Crippen LogP contribution in [-0.2, 0) is 16.1 Å². The number of rotatable bonds is 7. The molecule has 1 aromatic heterocycles. The second-order valence-electron chi connectivity index (χ2n) is 7.12. The number of aryl methyl sites for hydroxylation is 2. The molecule has 2 N–H and O–H groups in total. The predicted molar refractivity (Wildman–Crippen MR) is 119 cm³/mol. The summed E-state index contributed by atoms with van der Waals surface area (Å²) in [5.41, 5.74) is 4.84. The molecule has 0 spiro atoms. The molecule has 1 aliphatic rings. The van der Waals surface area contributed by atoms with Gasteiger partial charge in [-0.1, -0.05) is 18.6 Å². The van der Waals surface area contributed by atoms with Gasteiger partial charge in [0.25, 0.3) is 11.5 Å². The molecule has 30 heavy (non-hydrogen) atoms. The largest absolute Gasteiger partial charge is 0.360 e. The highest BCUT2D eigenvalue weighted by Gasteiger charge is 2.28. The highest BCUT2D eigenvalue weighted by molar-refractivity contribution is 5.98. The highest BCUT2D eigenvalue weighted by atomic mass is 16.5. The predicted octanol–water partition coefficient (Wildman–Crippen LogP) is 3.21. The number of terminal acetylenes is 1. The number of allylic oxidation sites excluding steroid dienone is 2. The van der Waals surface area contributed by atoms with E-state index < -0.39 is 0 Å². The number of carbonyl (C=O) groups is 1. The first-order valence-corrected chi connectivity index (χ1v) is 9.78. The van der Waals surface area contributed by atoms with Crippen molar-refractivity contribution < 1.29 is 9.53 Å². The number of nitrogens with zero attached hydrogens (tertiary/aromatic N) is 1. The van der Waals surface area contributed by atoms with Crippen LogP contribution < -0.4 is 10.9 Å². The number of hydrogen-bond acceptors (Lipinski definition) is 4. The normalized spacial score (nSPS) is 16.2. The SMILES string of the molecule is C#CCOC(C)C1=C(C)C(C(=O)NCc2c(C)cc(C)[nH]c2=O)=C/C(=C/C)N1C=C. The van der Waals surface area contributed by atoms with Crippen molar-refractivity contribution in [3.63, 3.8) is 0 Å². The Morgan fingerprint density at radius 3 is 2.70 bits per heavy atom. The molecule has 0 fully saturated rings. The minimum atomic E-state index is -0.340. The van der Waals surface area contributed by atoms with E-state index in [0.29, 0.717) is 11.1 Å². The number of nitrogens with one attached hydrogen (secondary N) is 2. The lowest BCUT2D eigenvalue weighted by molar-refractivity contribution is -0.117. The number of pyridine rings is 1. The summed E-state index contributed by atoms with van der Waals surface area (Å²) in [6, 6.07) is 1.89. The fraction of sp³-hybridized carbons (Fsp3) is 0.333. The fourth-order valence-corrected chi connectivity index (χ4v) is 3.56. The van der Waals surface area contributed by atoms with Gasteiger partial charge in [-0.2, -0.15) is 0 Å². The van der Waals surface area contributed by atoms with Crippen molar-refractivity contribution in [2.45, 2.75) is 47.3 Å². The maximum absolute atomic E-state index is 13.0. The lowest BCUT2D eigenvalue weighted by atomic mass is 9.95. The monoisotopic (exact) mass is 407 g/mol. The van der Waals surface area contributed by atoms with Crippen molar-refractivity contribution >= 4 is 5.91 Å². The molecule has 1 unspecified atom stereocenters. The third-order valence-corrected chi connectivity index (χ3v) is 5.06.